The molecule has 0 fully saturated rings. The Kier molecular flexibility index (Phi) is 6.83. The highest BCUT2D eigenvalue weighted by Gasteiger charge is 2.30. The van der Waals surface area contributed by atoms with Crippen molar-refractivity contribution in [3.63, 3.8) is 0 Å². The molecule has 37 heavy (non-hydrogen) atoms. The van der Waals surface area contributed by atoms with Gasteiger partial charge >= 0.3 is 17.9 Å². The molecule has 12 heteroatoms. The summed E-state index contributed by atoms with van der Waals surface area (Å²) < 4.78 is 38.5. The van der Waals surface area contributed by atoms with Crippen molar-refractivity contribution >= 4 is 23.3 Å². The number of carbonyl (C=O) groups excluding carboxylic acids is 2. The second kappa shape index (κ2) is 10.0. The van der Waals surface area contributed by atoms with Crippen LogP contribution in [0.2, 0.25) is 0 Å². The number of hydrogen-bond acceptors (Lipinski definition) is 4. The van der Waals surface area contributed by atoms with Gasteiger partial charge in [0.15, 0.2) is 5.82 Å². The molecule has 0 saturated carbocycles. The SMILES string of the molecule is CN(C)C(=O)c1cc(-c2n[nH]c(=O)[nH]2)c(-c2ccccc2)cc1NC(=O)Nc1ccc(C(F)(F)F)cc1. The van der Waals surface area contributed by atoms with Crippen LogP contribution in [0.25, 0.3) is 22.5 Å². The Labute approximate surface area is 208 Å². The predicted octanol–water partition coefficient (Wildman–Crippen LogP) is 4.80. The molecule has 0 bridgehead atoms. The molecule has 4 N–H and O–H groups in total. The molecule has 3 aromatic carbocycles. The topological polar surface area (TPSA) is 123 Å². The Morgan fingerprint density at radius 3 is 2.16 bits per heavy atom. The quantitative estimate of drug-likeness (QED) is 0.308. The van der Waals surface area contributed by atoms with Gasteiger partial charge in [-0.2, -0.15) is 18.3 Å². The van der Waals surface area contributed by atoms with Gasteiger partial charge in [0.2, 0.25) is 0 Å². The second-order valence-corrected chi connectivity index (χ2v) is 8.19. The Balaban J connectivity index is 1.75. The van der Waals surface area contributed by atoms with E-state index < -0.39 is 29.4 Å². The van der Waals surface area contributed by atoms with Gasteiger partial charge in [-0.3, -0.25) is 9.78 Å². The number of rotatable bonds is 5. The van der Waals surface area contributed by atoms with Crippen LogP contribution in [0.5, 0.6) is 0 Å². The van der Waals surface area contributed by atoms with E-state index in [-0.39, 0.29) is 22.8 Å². The molecule has 4 rings (SSSR count). The first-order chi connectivity index (χ1) is 17.5. The molecule has 0 radical (unpaired) electrons. The number of hydrogen-bond donors (Lipinski definition) is 4. The van der Waals surface area contributed by atoms with Crippen molar-refractivity contribution in [1.82, 2.24) is 20.1 Å². The first kappa shape index (κ1) is 25.2. The summed E-state index contributed by atoms with van der Waals surface area (Å²) in [6.07, 6.45) is -4.50. The Bertz CT molecular complexity index is 1490. The van der Waals surface area contributed by atoms with Crippen molar-refractivity contribution in [1.29, 1.82) is 0 Å². The number of anilines is 2. The summed E-state index contributed by atoms with van der Waals surface area (Å²) in [6, 6.07) is 15.3. The second-order valence-electron chi connectivity index (χ2n) is 8.19. The van der Waals surface area contributed by atoms with E-state index in [9.17, 15) is 27.6 Å². The van der Waals surface area contributed by atoms with Gasteiger partial charge in [0.05, 0.1) is 16.8 Å². The number of nitrogens with one attached hydrogen (secondary N) is 4. The highest BCUT2D eigenvalue weighted by Crippen LogP contribution is 2.35. The lowest BCUT2D eigenvalue weighted by Gasteiger charge is -2.19. The molecule has 4 aromatic rings. The zero-order valence-corrected chi connectivity index (χ0v) is 19.6. The maximum absolute atomic E-state index is 13.0. The Hall–Kier alpha value is -4.87. The fourth-order valence-corrected chi connectivity index (χ4v) is 3.60. The monoisotopic (exact) mass is 510 g/mol. The largest absolute Gasteiger partial charge is 0.416 e. The fourth-order valence-electron chi connectivity index (χ4n) is 3.60. The molecule has 0 unspecified atom stereocenters. The van der Waals surface area contributed by atoms with Crippen LogP contribution in [0.3, 0.4) is 0 Å². The van der Waals surface area contributed by atoms with Gasteiger partial charge in [0.1, 0.15) is 0 Å². The average Bonchev–Trinajstić information content (AvgIpc) is 3.29. The van der Waals surface area contributed by atoms with Crippen molar-refractivity contribution in [2.75, 3.05) is 24.7 Å². The van der Waals surface area contributed by atoms with Gasteiger partial charge < -0.3 is 15.5 Å². The Morgan fingerprint density at radius 1 is 0.919 bits per heavy atom. The van der Waals surface area contributed by atoms with Gasteiger partial charge in [-0.15, -0.1) is 0 Å². The summed E-state index contributed by atoms with van der Waals surface area (Å²) in [5.41, 5.74) is 0.697. The molecular formula is C25H21F3N6O3. The lowest BCUT2D eigenvalue weighted by Crippen LogP contribution is -2.26. The number of H-pyrrole nitrogens is 2. The first-order valence-electron chi connectivity index (χ1n) is 10.9. The summed E-state index contributed by atoms with van der Waals surface area (Å²) in [7, 11) is 3.07. The van der Waals surface area contributed by atoms with Crippen molar-refractivity contribution in [3.8, 4) is 22.5 Å². The molecule has 0 aliphatic heterocycles. The molecule has 1 heterocycles. The van der Waals surface area contributed by atoms with Gasteiger partial charge in [-0.1, -0.05) is 30.3 Å². The smallest absolute Gasteiger partial charge is 0.345 e. The first-order valence-corrected chi connectivity index (χ1v) is 10.9. The zero-order chi connectivity index (χ0) is 26.7. The number of benzene rings is 3. The minimum absolute atomic E-state index is 0.103. The summed E-state index contributed by atoms with van der Waals surface area (Å²) in [5.74, 6) is -0.249. The van der Waals surface area contributed by atoms with Crippen molar-refractivity contribution in [3.05, 3.63) is 88.3 Å². The number of halogens is 3. The van der Waals surface area contributed by atoms with Gasteiger partial charge in [0.25, 0.3) is 5.91 Å². The highest BCUT2D eigenvalue weighted by atomic mass is 19.4. The zero-order valence-electron chi connectivity index (χ0n) is 19.6. The molecule has 0 saturated heterocycles. The minimum atomic E-state index is -4.50. The van der Waals surface area contributed by atoms with Crippen LogP contribution in [0.1, 0.15) is 15.9 Å². The summed E-state index contributed by atoms with van der Waals surface area (Å²) in [5, 5.41) is 11.4. The maximum atomic E-state index is 13.0. The molecule has 0 aliphatic rings. The molecule has 190 valence electrons. The highest BCUT2D eigenvalue weighted by molar-refractivity contribution is 6.08. The van der Waals surface area contributed by atoms with Crippen LogP contribution in [0.4, 0.5) is 29.3 Å². The number of alkyl halides is 3. The molecule has 0 atom stereocenters. The van der Waals surface area contributed by atoms with E-state index in [2.05, 4.69) is 25.8 Å². The third-order valence-corrected chi connectivity index (χ3v) is 5.35. The average molecular weight is 510 g/mol. The third-order valence-electron chi connectivity index (χ3n) is 5.35. The normalized spacial score (nSPS) is 11.2. The number of aromatic amines is 2. The van der Waals surface area contributed by atoms with Gasteiger partial charge in [-0.25, -0.2) is 14.7 Å². The van der Waals surface area contributed by atoms with Crippen LogP contribution in [0, 0.1) is 0 Å². The molecule has 9 nitrogen and oxygen atoms in total. The van der Waals surface area contributed by atoms with Crippen LogP contribution in [-0.2, 0) is 6.18 Å². The Morgan fingerprint density at radius 2 is 1.59 bits per heavy atom. The standard InChI is InChI=1S/C25H21F3N6O3/c1-34(2)22(35)19-12-18(21-31-24(37)33-32-21)17(14-6-4-3-5-7-14)13-20(19)30-23(36)29-16-10-8-15(9-11-16)25(26,27)28/h3-13H,1-2H3,(H2,29,30,36)(H2,31,32,33,37). The van der Waals surface area contributed by atoms with E-state index in [1.165, 1.54) is 25.1 Å². The van der Waals surface area contributed by atoms with Crippen molar-refractivity contribution in [2.24, 2.45) is 0 Å². The number of aromatic nitrogens is 3. The molecule has 1 aromatic heterocycles. The van der Waals surface area contributed by atoms with E-state index in [0.717, 1.165) is 29.8 Å². The molecule has 3 amide bonds. The van der Waals surface area contributed by atoms with E-state index >= 15 is 0 Å². The van der Waals surface area contributed by atoms with Crippen molar-refractivity contribution < 1.29 is 22.8 Å². The third kappa shape index (κ3) is 5.69. The van der Waals surface area contributed by atoms with Gasteiger partial charge in [-0.05, 0) is 47.5 Å². The number of amides is 3. The lowest BCUT2D eigenvalue weighted by atomic mass is 9.95. The maximum Gasteiger partial charge on any atom is 0.416 e. The summed E-state index contributed by atoms with van der Waals surface area (Å²) in [4.78, 5) is 41.4. The van der Waals surface area contributed by atoms with E-state index in [4.69, 9.17) is 0 Å². The molecular weight excluding hydrogens is 489 g/mol. The van der Waals surface area contributed by atoms with Crippen LogP contribution in [0.15, 0.2) is 71.5 Å². The molecule has 0 aliphatic carbocycles. The number of urea groups is 1. The summed E-state index contributed by atoms with van der Waals surface area (Å²) >= 11 is 0. The fraction of sp³-hybridized carbons (Fsp3) is 0.120. The lowest BCUT2D eigenvalue weighted by molar-refractivity contribution is -0.137. The number of carbonyl (C=O) groups is 2. The van der Waals surface area contributed by atoms with E-state index in [1.54, 1.807) is 18.2 Å². The van der Waals surface area contributed by atoms with Crippen molar-refractivity contribution in [2.45, 2.75) is 6.18 Å². The van der Waals surface area contributed by atoms with E-state index in [0.29, 0.717) is 11.1 Å². The van der Waals surface area contributed by atoms with Crippen LogP contribution in [-0.4, -0.2) is 46.1 Å². The van der Waals surface area contributed by atoms with Crippen LogP contribution < -0.4 is 16.3 Å². The number of nitrogens with zero attached hydrogens (tertiary/aromatic N) is 2. The van der Waals surface area contributed by atoms with Crippen LogP contribution >= 0.6 is 0 Å². The summed E-state index contributed by atoms with van der Waals surface area (Å²) in [6.45, 7) is 0. The van der Waals surface area contributed by atoms with E-state index in [1.807, 2.05) is 18.2 Å². The predicted molar refractivity (Wildman–Crippen MR) is 132 cm³/mol. The van der Waals surface area contributed by atoms with Gasteiger partial charge in [0, 0.05) is 25.3 Å². The molecule has 0 spiro atoms. The minimum Gasteiger partial charge on any atom is -0.345 e.